The van der Waals surface area contributed by atoms with Gasteiger partial charge in [-0.05, 0) is 26.3 Å². The van der Waals surface area contributed by atoms with E-state index < -0.39 is 0 Å². The normalized spacial score (nSPS) is 21.0. The van der Waals surface area contributed by atoms with E-state index in [1.54, 1.807) is 0 Å². The third-order valence-corrected chi connectivity index (χ3v) is 2.64. The van der Waals surface area contributed by atoms with E-state index in [0.717, 1.165) is 0 Å². The van der Waals surface area contributed by atoms with Crippen LogP contribution >= 0.6 is 0 Å². The second-order valence-electron chi connectivity index (χ2n) is 3.49. The zero-order chi connectivity index (χ0) is 7.45. The number of rotatable bonds is 5. The Morgan fingerprint density at radius 1 is 1.30 bits per heavy atom. The largest absolute Gasteiger partial charge is 0.314 e. The third kappa shape index (κ3) is 1.98. The number of unbranched alkanes of at least 4 members (excludes halogenated alkanes) is 2. The molecule has 0 bridgehead atoms. The molecule has 0 saturated heterocycles. The van der Waals surface area contributed by atoms with E-state index in [4.69, 9.17) is 0 Å². The highest BCUT2D eigenvalue weighted by atomic mass is 15.0. The lowest BCUT2D eigenvalue weighted by Crippen LogP contribution is -2.26. The maximum absolute atomic E-state index is 3.41. The van der Waals surface area contributed by atoms with Crippen molar-refractivity contribution in [3.63, 3.8) is 0 Å². The van der Waals surface area contributed by atoms with Crippen molar-refractivity contribution in [2.75, 3.05) is 7.05 Å². The summed E-state index contributed by atoms with van der Waals surface area (Å²) in [7, 11) is 2.10. The summed E-state index contributed by atoms with van der Waals surface area (Å²) < 4.78 is 0. The van der Waals surface area contributed by atoms with Gasteiger partial charge in [-0.1, -0.05) is 26.2 Å². The molecule has 0 aliphatic heterocycles. The minimum Gasteiger partial charge on any atom is -0.314 e. The molecule has 0 aromatic rings. The molecular weight excluding hydrogens is 122 g/mol. The van der Waals surface area contributed by atoms with Gasteiger partial charge in [0.2, 0.25) is 0 Å². The van der Waals surface area contributed by atoms with Crippen LogP contribution in [0.4, 0.5) is 0 Å². The standard InChI is InChI=1S/C9H19N/c1-3-4-5-6-9(10-2)7-8-9/h10H,3-8H2,1-2H3. The smallest absolute Gasteiger partial charge is 0.0179 e. The second kappa shape index (κ2) is 3.38. The van der Waals surface area contributed by atoms with Gasteiger partial charge >= 0.3 is 0 Å². The van der Waals surface area contributed by atoms with E-state index in [0.29, 0.717) is 5.54 Å². The van der Waals surface area contributed by atoms with Gasteiger partial charge in [-0.15, -0.1) is 0 Å². The molecule has 0 spiro atoms. The summed E-state index contributed by atoms with van der Waals surface area (Å²) in [6, 6.07) is 0. The molecule has 1 aliphatic carbocycles. The number of nitrogens with one attached hydrogen (secondary N) is 1. The zero-order valence-corrected chi connectivity index (χ0v) is 7.24. The summed E-state index contributed by atoms with van der Waals surface area (Å²) in [5.74, 6) is 0. The molecule has 0 aromatic heterocycles. The molecule has 1 N–H and O–H groups in total. The van der Waals surface area contributed by atoms with Crippen LogP contribution < -0.4 is 5.32 Å². The van der Waals surface area contributed by atoms with E-state index in [-0.39, 0.29) is 0 Å². The lowest BCUT2D eigenvalue weighted by molar-refractivity contribution is 0.478. The number of hydrogen-bond acceptors (Lipinski definition) is 1. The molecule has 0 aromatic carbocycles. The Hall–Kier alpha value is -0.0400. The van der Waals surface area contributed by atoms with Gasteiger partial charge < -0.3 is 5.32 Å². The van der Waals surface area contributed by atoms with Crippen molar-refractivity contribution in [2.24, 2.45) is 0 Å². The Balaban J connectivity index is 2.01. The van der Waals surface area contributed by atoms with E-state index in [2.05, 4.69) is 19.3 Å². The fourth-order valence-electron chi connectivity index (χ4n) is 1.49. The van der Waals surface area contributed by atoms with E-state index in [1.165, 1.54) is 38.5 Å². The van der Waals surface area contributed by atoms with Gasteiger partial charge in [0.1, 0.15) is 0 Å². The molecule has 1 rings (SSSR count). The van der Waals surface area contributed by atoms with E-state index in [1.807, 2.05) is 0 Å². The van der Waals surface area contributed by atoms with Crippen LogP contribution in [-0.4, -0.2) is 12.6 Å². The predicted molar refractivity (Wildman–Crippen MR) is 45.2 cm³/mol. The first-order valence-electron chi connectivity index (χ1n) is 4.52. The average Bonchev–Trinajstić information content (AvgIpc) is 2.70. The molecule has 0 unspecified atom stereocenters. The van der Waals surface area contributed by atoms with Crippen LogP contribution in [0.15, 0.2) is 0 Å². The Kier molecular flexibility index (Phi) is 2.72. The fraction of sp³-hybridized carbons (Fsp3) is 1.00. The lowest BCUT2D eigenvalue weighted by Gasteiger charge is -2.12. The predicted octanol–water partition coefficient (Wildman–Crippen LogP) is 2.32. The molecule has 60 valence electrons. The van der Waals surface area contributed by atoms with Crippen LogP contribution in [0.1, 0.15) is 45.4 Å². The summed E-state index contributed by atoms with van der Waals surface area (Å²) in [5, 5.41) is 3.41. The van der Waals surface area contributed by atoms with Gasteiger partial charge in [0, 0.05) is 5.54 Å². The molecule has 0 amide bonds. The third-order valence-electron chi connectivity index (χ3n) is 2.64. The molecule has 1 fully saturated rings. The topological polar surface area (TPSA) is 12.0 Å². The molecular formula is C9H19N. The van der Waals surface area contributed by atoms with Crippen molar-refractivity contribution in [3.8, 4) is 0 Å². The van der Waals surface area contributed by atoms with E-state index >= 15 is 0 Å². The van der Waals surface area contributed by atoms with Crippen LogP contribution in [0, 0.1) is 0 Å². The molecule has 0 radical (unpaired) electrons. The van der Waals surface area contributed by atoms with Gasteiger partial charge in [0.15, 0.2) is 0 Å². The molecule has 1 saturated carbocycles. The Bertz CT molecular complexity index is 94.9. The maximum Gasteiger partial charge on any atom is 0.0179 e. The molecule has 1 heteroatoms. The van der Waals surface area contributed by atoms with Gasteiger partial charge in [-0.3, -0.25) is 0 Å². The van der Waals surface area contributed by atoms with Crippen LogP contribution in [-0.2, 0) is 0 Å². The minimum absolute atomic E-state index is 0.592. The average molecular weight is 141 g/mol. The van der Waals surface area contributed by atoms with Crippen molar-refractivity contribution < 1.29 is 0 Å². The van der Waals surface area contributed by atoms with Crippen LogP contribution in [0.2, 0.25) is 0 Å². The second-order valence-corrected chi connectivity index (χ2v) is 3.49. The highest BCUT2D eigenvalue weighted by molar-refractivity contribution is 5.00. The number of hydrogen-bond donors (Lipinski definition) is 1. The van der Waals surface area contributed by atoms with Gasteiger partial charge in [0.25, 0.3) is 0 Å². The molecule has 0 atom stereocenters. The first-order chi connectivity index (χ1) is 4.83. The van der Waals surface area contributed by atoms with Crippen molar-refractivity contribution in [3.05, 3.63) is 0 Å². The minimum atomic E-state index is 0.592. The first kappa shape index (κ1) is 8.06. The fourth-order valence-corrected chi connectivity index (χ4v) is 1.49. The molecule has 1 aliphatic rings. The highest BCUT2D eigenvalue weighted by Gasteiger charge is 2.39. The van der Waals surface area contributed by atoms with Gasteiger partial charge in [-0.25, -0.2) is 0 Å². The highest BCUT2D eigenvalue weighted by Crippen LogP contribution is 2.39. The first-order valence-corrected chi connectivity index (χ1v) is 4.52. The zero-order valence-electron chi connectivity index (χ0n) is 7.24. The molecule has 10 heavy (non-hydrogen) atoms. The molecule has 1 nitrogen and oxygen atoms in total. The Morgan fingerprint density at radius 2 is 2.00 bits per heavy atom. The van der Waals surface area contributed by atoms with Crippen molar-refractivity contribution in [2.45, 2.75) is 51.0 Å². The summed E-state index contributed by atoms with van der Waals surface area (Å²) in [5.41, 5.74) is 0.592. The van der Waals surface area contributed by atoms with Gasteiger partial charge in [0.05, 0.1) is 0 Å². The van der Waals surface area contributed by atoms with E-state index in [9.17, 15) is 0 Å². The van der Waals surface area contributed by atoms with Crippen molar-refractivity contribution in [1.82, 2.24) is 5.32 Å². The maximum atomic E-state index is 3.41. The lowest BCUT2D eigenvalue weighted by atomic mass is 10.1. The summed E-state index contributed by atoms with van der Waals surface area (Å²) in [4.78, 5) is 0. The SMILES string of the molecule is CCCCCC1(NC)CC1. The summed E-state index contributed by atoms with van der Waals surface area (Å²) >= 11 is 0. The van der Waals surface area contributed by atoms with Crippen LogP contribution in [0.25, 0.3) is 0 Å². The monoisotopic (exact) mass is 141 g/mol. The Morgan fingerprint density at radius 3 is 2.40 bits per heavy atom. The van der Waals surface area contributed by atoms with Crippen molar-refractivity contribution >= 4 is 0 Å². The summed E-state index contributed by atoms with van der Waals surface area (Å²) in [6.07, 6.45) is 8.39. The summed E-state index contributed by atoms with van der Waals surface area (Å²) in [6.45, 7) is 2.26. The van der Waals surface area contributed by atoms with Crippen molar-refractivity contribution in [1.29, 1.82) is 0 Å². The molecule has 0 heterocycles. The quantitative estimate of drug-likeness (QED) is 0.579. The Labute approximate surface area is 64.2 Å². The van der Waals surface area contributed by atoms with Gasteiger partial charge in [-0.2, -0.15) is 0 Å². The van der Waals surface area contributed by atoms with Crippen LogP contribution in [0.5, 0.6) is 0 Å². The van der Waals surface area contributed by atoms with Crippen LogP contribution in [0.3, 0.4) is 0 Å².